The predicted octanol–water partition coefficient (Wildman–Crippen LogP) is 4.84. The number of para-hydroxylation sites is 1. The van der Waals surface area contributed by atoms with Crippen LogP contribution in [-0.4, -0.2) is 24.0 Å². The van der Waals surface area contributed by atoms with E-state index in [-0.39, 0.29) is 19.1 Å². The number of fused-ring (bicyclic) bond motifs is 1. The second-order valence-electron chi connectivity index (χ2n) is 6.62. The number of nitrogens with zero attached hydrogens (tertiary/aromatic N) is 1. The van der Waals surface area contributed by atoms with E-state index in [1.165, 1.54) is 0 Å². The summed E-state index contributed by atoms with van der Waals surface area (Å²) in [4.78, 5) is 16.5. The number of aromatic nitrogens is 1. The Labute approximate surface area is 180 Å². The molecule has 0 saturated heterocycles. The molecule has 1 N–H and O–H groups in total. The summed E-state index contributed by atoms with van der Waals surface area (Å²) in [6.07, 6.45) is 1.75. The molecule has 0 unspecified atom stereocenters. The monoisotopic (exact) mass is 408 g/mol. The number of pyridine rings is 1. The summed E-state index contributed by atoms with van der Waals surface area (Å²) in [5.41, 5.74) is 1.42. The average molecular weight is 408 g/mol. The van der Waals surface area contributed by atoms with Crippen LogP contribution in [0.2, 0.25) is 0 Å². The smallest absolute Gasteiger partial charge is 0.252 e. The summed E-state index contributed by atoms with van der Waals surface area (Å²) in [7, 11) is 0. The fourth-order valence-corrected chi connectivity index (χ4v) is 2.89. The number of carbonyl (C=O) groups is 1. The number of hydrogen-bond acceptors (Lipinski definition) is 4. The van der Waals surface area contributed by atoms with Gasteiger partial charge in [0.15, 0.2) is 0 Å². The Morgan fingerprint density at radius 1 is 0.839 bits per heavy atom. The number of amides is 1. The molecule has 5 heteroatoms. The highest BCUT2D eigenvalue weighted by molar-refractivity contribution is 5.94. The number of benzene rings is 3. The molecule has 1 amide bonds. The van der Waals surface area contributed by atoms with E-state index in [1.54, 1.807) is 30.5 Å². The van der Waals surface area contributed by atoms with Crippen LogP contribution in [-0.2, 0) is 0 Å². The summed E-state index contributed by atoms with van der Waals surface area (Å²) in [5.74, 6) is 7.72. The van der Waals surface area contributed by atoms with Gasteiger partial charge in [0.25, 0.3) is 5.91 Å². The highest BCUT2D eigenvalue weighted by atomic mass is 16.5. The Morgan fingerprint density at radius 3 is 2.45 bits per heavy atom. The first-order valence-electron chi connectivity index (χ1n) is 9.82. The molecule has 0 aliphatic rings. The summed E-state index contributed by atoms with van der Waals surface area (Å²) in [6.45, 7) is 0.476. The Morgan fingerprint density at radius 2 is 1.61 bits per heavy atom. The van der Waals surface area contributed by atoms with Crippen LogP contribution in [0.5, 0.6) is 17.2 Å². The molecule has 1 aromatic heterocycles. The molecule has 4 rings (SSSR count). The average Bonchev–Trinajstić information content (AvgIpc) is 2.82. The van der Waals surface area contributed by atoms with Crippen molar-refractivity contribution < 1.29 is 14.3 Å². The number of carbonyl (C=O) groups excluding carboxylic acids is 1. The lowest BCUT2D eigenvalue weighted by Crippen LogP contribution is -2.23. The van der Waals surface area contributed by atoms with Crippen LogP contribution in [0.1, 0.15) is 10.4 Å². The van der Waals surface area contributed by atoms with E-state index in [4.69, 9.17) is 9.47 Å². The summed E-state index contributed by atoms with van der Waals surface area (Å²) >= 11 is 0. The Kier molecular flexibility index (Phi) is 6.42. The van der Waals surface area contributed by atoms with Gasteiger partial charge in [0.05, 0.1) is 12.1 Å². The zero-order valence-corrected chi connectivity index (χ0v) is 16.7. The standard InChI is InChI=1S/C26H20N2O3/c29-26(21-11-13-23(14-12-21)31-22-8-2-1-3-9-22)28-16-4-5-18-30-24-15-10-20-7-6-17-27-25(20)19-24/h1-3,6-15,17,19H,16,18H2,(H,28,29). The van der Waals surface area contributed by atoms with Crippen molar-refractivity contribution in [1.29, 1.82) is 0 Å². The third-order valence-electron chi connectivity index (χ3n) is 4.45. The molecular weight excluding hydrogens is 388 g/mol. The summed E-state index contributed by atoms with van der Waals surface area (Å²) in [6, 6.07) is 26.1. The van der Waals surface area contributed by atoms with Crippen LogP contribution in [0.4, 0.5) is 0 Å². The molecule has 0 bridgehead atoms. The van der Waals surface area contributed by atoms with Crippen LogP contribution < -0.4 is 14.8 Å². The van der Waals surface area contributed by atoms with E-state index in [0.29, 0.717) is 17.1 Å². The Bertz CT molecular complexity index is 1230. The van der Waals surface area contributed by atoms with E-state index in [0.717, 1.165) is 16.7 Å². The van der Waals surface area contributed by atoms with Crippen LogP contribution in [0.25, 0.3) is 10.9 Å². The molecule has 0 saturated carbocycles. The second kappa shape index (κ2) is 9.95. The van der Waals surface area contributed by atoms with E-state index in [2.05, 4.69) is 22.1 Å². The molecule has 0 aliphatic heterocycles. The molecule has 5 nitrogen and oxygen atoms in total. The Balaban J connectivity index is 1.22. The van der Waals surface area contributed by atoms with E-state index < -0.39 is 0 Å². The van der Waals surface area contributed by atoms with Gasteiger partial charge in [0, 0.05) is 23.2 Å². The minimum atomic E-state index is -0.193. The fraction of sp³-hybridized carbons (Fsp3) is 0.0769. The lowest BCUT2D eigenvalue weighted by molar-refractivity contribution is 0.0958. The van der Waals surface area contributed by atoms with Crippen molar-refractivity contribution in [3.8, 4) is 29.1 Å². The fourth-order valence-electron chi connectivity index (χ4n) is 2.89. The van der Waals surface area contributed by atoms with Crippen molar-refractivity contribution in [1.82, 2.24) is 10.3 Å². The van der Waals surface area contributed by atoms with E-state index >= 15 is 0 Å². The van der Waals surface area contributed by atoms with Gasteiger partial charge in [-0.15, -0.1) is 0 Å². The maximum absolute atomic E-state index is 12.2. The van der Waals surface area contributed by atoms with Gasteiger partial charge in [0.2, 0.25) is 0 Å². The molecular formula is C26H20N2O3. The normalized spacial score (nSPS) is 10.1. The third kappa shape index (κ3) is 5.62. The maximum atomic E-state index is 12.2. The van der Waals surface area contributed by atoms with Gasteiger partial charge in [-0.05, 0) is 54.6 Å². The third-order valence-corrected chi connectivity index (χ3v) is 4.45. The van der Waals surface area contributed by atoms with Crippen molar-refractivity contribution in [2.75, 3.05) is 13.2 Å². The first-order valence-corrected chi connectivity index (χ1v) is 9.82. The van der Waals surface area contributed by atoms with E-state index in [9.17, 15) is 4.79 Å². The molecule has 0 fully saturated rings. The van der Waals surface area contributed by atoms with Crippen molar-refractivity contribution >= 4 is 16.8 Å². The van der Waals surface area contributed by atoms with Crippen molar-refractivity contribution in [3.05, 3.63) is 96.7 Å². The zero-order valence-electron chi connectivity index (χ0n) is 16.7. The lowest BCUT2D eigenvalue weighted by Gasteiger charge is -2.06. The van der Waals surface area contributed by atoms with Crippen LogP contribution in [0.3, 0.4) is 0 Å². The minimum Gasteiger partial charge on any atom is -0.481 e. The number of nitrogens with one attached hydrogen (secondary N) is 1. The lowest BCUT2D eigenvalue weighted by atomic mass is 10.2. The predicted molar refractivity (Wildman–Crippen MR) is 120 cm³/mol. The SMILES string of the molecule is O=C(NCC#CCOc1ccc2cccnc2c1)c1ccc(Oc2ccccc2)cc1. The molecule has 0 aliphatic carbocycles. The van der Waals surface area contributed by atoms with Gasteiger partial charge in [-0.2, -0.15) is 0 Å². The molecule has 0 spiro atoms. The molecule has 1 heterocycles. The summed E-state index contributed by atoms with van der Waals surface area (Å²) < 4.78 is 11.4. The molecule has 152 valence electrons. The van der Waals surface area contributed by atoms with Crippen LogP contribution >= 0.6 is 0 Å². The number of rotatable bonds is 6. The topological polar surface area (TPSA) is 60.5 Å². The number of hydrogen-bond donors (Lipinski definition) is 1. The quantitative estimate of drug-likeness (QED) is 0.464. The van der Waals surface area contributed by atoms with Gasteiger partial charge < -0.3 is 14.8 Å². The maximum Gasteiger partial charge on any atom is 0.252 e. The number of ether oxygens (including phenoxy) is 2. The molecule has 31 heavy (non-hydrogen) atoms. The molecule has 0 atom stereocenters. The van der Waals surface area contributed by atoms with Crippen LogP contribution in [0, 0.1) is 11.8 Å². The highest BCUT2D eigenvalue weighted by Crippen LogP contribution is 2.21. The van der Waals surface area contributed by atoms with Crippen molar-refractivity contribution in [3.63, 3.8) is 0 Å². The highest BCUT2D eigenvalue weighted by Gasteiger charge is 2.04. The molecule has 3 aromatic carbocycles. The van der Waals surface area contributed by atoms with Gasteiger partial charge in [0.1, 0.15) is 23.9 Å². The second-order valence-corrected chi connectivity index (χ2v) is 6.62. The Hall–Kier alpha value is -4.30. The molecule has 0 radical (unpaired) electrons. The van der Waals surface area contributed by atoms with Gasteiger partial charge in [-0.25, -0.2) is 0 Å². The summed E-state index contributed by atoms with van der Waals surface area (Å²) in [5, 5.41) is 3.83. The van der Waals surface area contributed by atoms with Crippen molar-refractivity contribution in [2.24, 2.45) is 0 Å². The largest absolute Gasteiger partial charge is 0.481 e. The zero-order chi connectivity index (χ0) is 21.3. The first-order chi connectivity index (χ1) is 15.3. The van der Waals surface area contributed by atoms with Gasteiger partial charge in [-0.3, -0.25) is 9.78 Å². The minimum absolute atomic E-state index is 0.193. The van der Waals surface area contributed by atoms with Gasteiger partial charge >= 0.3 is 0 Å². The van der Waals surface area contributed by atoms with Crippen molar-refractivity contribution in [2.45, 2.75) is 0 Å². The molecule has 4 aromatic rings. The first kappa shape index (κ1) is 20.0. The van der Waals surface area contributed by atoms with Gasteiger partial charge in [-0.1, -0.05) is 36.1 Å². The van der Waals surface area contributed by atoms with Crippen LogP contribution in [0.15, 0.2) is 91.1 Å². The van der Waals surface area contributed by atoms with E-state index in [1.807, 2.05) is 60.7 Å².